The molecule has 0 saturated heterocycles. The summed E-state index contributed by atoms with van der Waals surface area (Å²) in [6, 6.07) is 36.3. The standard InChI is InChI=1S/C84H104O16/c1-93-57-33-53(34-58(41-57)94-2)25-17-9-13-21-29-65-69-45-71(79(87)49-77(69)85)66(30-22-14-10-18-26-54-35-59(95-3)42-60(36-54)96-4)73-47-75(83(91)51-81(73)89)68(32-24-16-12-20-28-56-39-63(99-7)44-64(40-56)100-8)76-48-74(82(90)52-84(76)92)67(72-46-70(65)78(86)50-80(72)88)31-23-15-11-19-27-55-37-61(97-5)43-62(38-55)98-6/h33-52,65-68,85-92H,9-32H2,1-8H3. The lowest BCUT2D eigenvalue weighted by molar-refractivity contribution is 0.393. The van der Waals surface area contributed by atoms with Crippen molar-refractivity contribution < 1.29 is 78.7 Å². The van der Waals surface area contributed by atoms with E-state index in [1.165, 1.54) is 24.3 Å². The lowest BCUT2D eigenvalue weighted by Gasteiger charge is -2.29. The summed E-state index contributed by atoms with van der Waals surface area (Å²) in [5.41, 5.74) is 7.89. The minimum Gasteiger partial charge on any atom is -0.508 e. The van der Waals surface area contributed by atoms with Crippen LogP contribution in [-0.4, -0.2) is 97.7 Å². The van der Waals surface area contributed by atoms with E-state index in [4.69, 9.17) is 37.9 Å². The Balaban J connectivity index is 1.12. The van der Waals surface area contributed by atoms with Crippen LogP contribution in [-0.2, 0) is 25.7 Å². The summed E-state index contributed by atoms with van der Waals surface area (Å²) in [4.78, 5) is 0. The fourth-order valence-electron chi connectivity index (χ4n) is 14.8. The van der Waals surface area contributed by atoms with Gasteiger partial charge < -0.3 is 78.7 Å². The molecule has 536 valence electrons. The third-order valence-electron chi connectivity index (χ3n) is 20.2. The number of hydrogen-bond donors (Lipinski definition) is 8. The highest BCUT2D eigenvalue weighted by Crippen LogP contribution is 2.53. The van der Waals surface area contributed by atoms with Crippen LogP contribution in [0.1, 0.15) is 219 Å². The van der Waals surface area contributed by atoms with Crippen molar-refractivity contribution in [1.29, 1.82) is 0 Å². The number of methoxy groups -OCH3 is 8. The molecule has 8 bridgehead atoms. The highest BCUT2D eigenvalue weighted by Gasteiger charge is 2.33. The average molecular weight is 1370 g/mol. The monoisotopic (exact) mass is 1370 g/mol. The highest BCUT2D eigenvalue weighted by atomic mass is 16.5. The molecule has 16 heteroatoms. The Morgan fingerprint density at radius 1 is 0.190 bits per heavy atom. The Labute approximate surface area is 590 Å². The number of ether oxygens (including phenoxy) is 8. The topological polar surface area (TPSA) is 236 Å². The quantitative estimate of drug-likeness (QED) is 0.0171. The number of aromatic hydroxyl groups is 8. The predicted molar refractivity (Wildman–Crippen MR) is 392 cm³/mol. The molecular formula is C84H104O16. The van der Waals surface area contributed by atoms with Crippen LogP contribution in [0.3, 0.4) is 0 Å². The van der Waals surface area contributed by atoms with Gasteiger partial charge in [0.2, 0.25) is 0 Å². The summed E-state index contributed by atoms with van der Waals surface area (Å²) < 4.78 is 44.5. The molecule has 0 aromatic heterocycles. The van der Waals surface area contributed by atoms with E-state index in [0.29, 0.717) is 95.9 Å². The normalized spacial score (nSPS) is 14.9. The Hall–Kier alpha value is -9.44. The summed E-state index contributed by atoms with van der Waals surface area (Å²) in [6.07, 6.45) is 17.7. The van der Waals surface area contributed by atoms with Gasteiger partial charge in [-0.25, -0.2) is 0 Å². The van der Waals surface area contributed by atoms with E-state index in [9.17, 15) is 40.9 Å². The number of rotatable bonds is 36. The predicted octanol–water partition coefficient (Wildman–Crippen LogP) is 19.0. The molecule has 0 atom stereocenters. The van der Waals surface area contributed by atoms with Crippen LogP contribution in [0.15, 0.2) is 121 Å². The summed E-state index contributed by atoms with van der Waals surface area (Å²) in [7, 11) is 13.1. The van der Waals surface area contributed by atoms with E-state index < -0.39 is 23.7 Å². The molecule has 100 heavy (non-hydrogen) atoms. The van der Waals surface area contributed by atoms with E-state index in [1.807, 2.05) is 97.1 Å². The number of aryl methyl sites for hydroxylation is 4. The van der Waals surface area contributed by atoms with Crippen LogP contribution in [0.4, 0.5) is 0 Å². The van der Waals surface area contributed by atoms with Gasteiger partial charge in [0.05, 0.1) is 56.9 Å². The molecule has 1 aliphatic carbocycles. The summed E-state index contributed by atoms with van der Waals surface area (Å²) >= 11 is 0. The zero-order valence-electron chi connectivity index (χ0n) is 59.7. The second kappa shape index (κ2) is 36.6. The smallest absolute Gasteiger partial charge is 0.123 e. The van der Waals surface area contributed by atoms with Gasteiger partial charge in [0.25, 0.3) is 0 Å². The van der Waals surface area contributed by atoms with E-state index in [2.05, 4.69) is 0 Å². The first-order chi connectivity index (χ1) is 48.5. The largest absolute Gasteiger partial charge is 0.508 e. The SMILES string of the molecule is COc1cc(CCCCCCC2c3cc(c(O)cc3O)C(CCCCCCc3cc(OC)cc(OC)c3)c3cc(c(O)cc3O)C(CCCCCCc3cc(OC)cc(OC)c3)c3cc(c(O)cc3O)C(CCCCCCc3cc(OC)cc(OC)c3)c3cc2c(O)cc3O)cc(OC)c1. The van der Waals surface area contributed by atoms with Crippen LogP contribution in [0.5, 0.6) is 92.0 Å². The molecule has 0 unspecified atom stereocenters. The zero-order chi connectivity index (χ0) is 71.2. The van der Waals surface area contributed by atoms with Gasteiger partial charge in [-0.15, -0.1) is 0 Å². The third kappa shape index (κ3) is 19.5. The number of hydrogen-bond acceptors (Lipinski definition) is 16. The van der Waals surface area contributed by atoms with Crippen LogP contribution < -0.4 is 37.9 Å². The van der Waals surface area contributed by atoms with Crippen molar-refractivity contribution in [3.05, 3.63) is 188 Å². The molecular weight excluding hydrogens is 1260 g/mol. The average Bonchev–Trinajstić information content (AvgIpc) is 0.755. The van der Waals surface area contributed by atoms with Crippen molar-refractivity contribution in [3.8, 4) is 92.0 Å². The maximum atomic E-state index is 12.4. The lowest BCUT2D eigenvalue weighted by Crippen LogP contribution is -2.11. The van der Waals surface area contributed by atoms with Crippen molar-refractivity contribution >= 4 is 0 Å². The van der Waals surface area contributed by atoms with Gasteiger partial charge in [-0.1, -0.05) is 77.0 Å². The lowest BCUT2D eigenvalue weighted by atomic mass is 9.76. The third-order valence-corrected chi connectivity index (χ3v) is 20.2. The molecule has 8 aromatic rings. The number of benzene rings is 8. The molecule has 0 radical (unpaired) electrons. The first-order valence-corrected chi connectivity index (χ1v) is 35.6. The van der Waals surface area contributed by atoms with Gasteiger partial charge in [0, 0.05) is 117 Å². The Bertz CT molecular complexity index is 3270. The molecule has 0 heterocycles. The van der Waals surface area contributed by atoms with E-state index in [-0.39, 0.29) is 46.0 Å². The fourth-order valence-corrected chi connectivity index (χ4v) is 14.8. The van der Waals surface area contributed by atoms with E-state index in [1.54, 1.807) is 56.9 Å². The molecule has 0 spiro atoms. The van der Waals surface area contributed by atoms with Crippen molar-refractivity contribution in [2.45, 2.75) is 178 Å². The number of fused-ring (bicyclic) bond motifs is 8. The Kier molecular flexibility index (Phi) is 27.4. The van der Waals surface area contributed by atoms with Crippen molar-refractivity contribution in [1.82, 2.24) is 0 Å². The van der Waals surface area contributed by atoms with Crippen molar-refractivity contribution in [2.75, 3.05) is 56.9 Å². The molecule has 8 aromatic carbocycles. The summed E-state index contributed by atoms with van der Waals surface area (Å²) in [6.45, 7) is 0. The molecule has 0 fully saturated rings. The van der Waals surface area contributed by atoms with Gasteiger partial charge in [-0.2, -0.15) is 0 Å². The van der Waals surface area contributed by atoms with Gasteiger partial charge >= 0.3 is 0 Å². The molecule has 0 amide bonds. The van der Waals surface area contributed by atoms with Crippen molar-refractivity contribution in [2.24, 2.45) is 0 Å². The van der Waals surface area contributed by atoms with Crippen LogP contribution >= 0.6 is 0 Å². The van der Waals surface area contributed by atoms with Crippen LogP contribution in [0.2, 0.25) is 0 Å². The summed E-state index contributed by atoms with van der Waals surface area (Å²) in [5.74, 6) is 1.45. The van der Waals surface area contributed by atoms with Gasteiger partial charge in [-0.05, 0) is 172 Å². The van der Waals surface area contributed by atoms with Crippen LogP contribution in [0.25, 0.3) is 0 Å². The highest BCUT2D eigenvalue weighted by molar-refractivity contribution is 5.62. The Morgan fingerprint density at radius 3 is 0.490 bits per heavy atom. The van der Waals surface area contributed by atoms with Gasteiger partial charge in [-0.3, -0.25) is 0 Å². The molecule has 9 rings (SSSR count). The second-order valence-electron chi connectivity index (χ2n) is 26.8. The number of phenolic OH excluding ortho intramolecular Hbond substituents is 8. The van der Waals surface area contributed by atoms with Crippen molar-refractivity contribution in [3.63, 3.8) is 0 Å². The molecule has 16 nitrogen and oxygen atoms in total. The number of phenols is 8. The van der Waals surface area contributed by atoms with Gasteiger partial charge in [0.15, 0.2) is 0 Å². The molecule has 8 N–H and O–H groups in total. The fraction of sp³-hybridized carbons (Fsp3) is 0.429. The van der Waals surface area contributed by atoms with Crippen LogP contribution in [0, 0.1) is 0 Å². The molecule has 0 saturated carbocycles. The minimum atomic E-state index is -0.697. The summed E-state index contributed by atoms with van der Waals surface area (Å²) in [5, 5.41) is 99.1. The molecule has 0 aliphatic heterocycles. The minimum absolute atomic E-state index is 0.190. The van der Waals surface area contributed by atoms with E-state index in [0.717, 1.165) is 171 Å². The maximum absolute atomic E-state index is 12.4. The Morgan fingerprint density at radius 2 is 0.340 bits per heavy atom. The molecule has 1 aliphatic rings. The van der Waals surface area contributed by atoms with E-state index >= 15 is 0 Å². The maximum Gasteiger partial charge on any atom is 0.123 e. The first-order valence-electron chi connectivity index (χ1n) is 35.6. The number of unbranched alkanes of at least 4 members (excludes halogenated alkanes) is 12. The second-order valence-corrected chi connectivity index (χ2v) is 26.8. The zero-order valence-corrected chi connectivity index (χ0v) is 59.7. The van der Waals surface area contributed by atoms with Gasteiger partial charge in [0.1, 0.15) is 92.0 Å². The first kappa shape index (κ1) is 74.8.